The van der Waals surface area contributed by atoms with Crippen molar-refractivity contribution >= 4 is 50.7 Å². The molecule has 0 saturated carbocycles. The summed E-state index contributed by atoms with van der Waals surface area (Å²) in [4.78, 5) is 26.2. The first-order valence-electron chi connectivity index (χ1n) is 10.6. The van der Waals surface area contributed by atoms with Crippen LogP contribution in [0.15, 0.2) is 70.5 Å². The average molecular weight is 564 g/mol. The Kier molecular flexibility index (Phi) is 7.76. The SMILES string of the molecule is COc1ccc(S(=O)(=O)Oc2ccc(/C=C3\SC(=O)N(Cc4c(F)cccc4Cl)C3=O)cc2OC)cc1. The topological polar surface area (TPSA) is 99.2 Å². The molecule has 1 aliphatic rings. The maximum atomic E-state index is 14.2. The molecule has 37 heavy (non-hydrogen) atoms. The van der Waals surface area contributed by atoms with E-state index < -0.39 is 27.1 Å². The van der Waals surface area contributed by atoms with Crippen LogP contribution in [0.3, 0.4) is 0 Å². The number of hydrogen-bond donors (Lipinski definition) is 0. The van der Waals surface area contributed by atoms with E-state index in [4.69, 9.17) is 25.3 Å². The molecule has 3 aromatic carbocycles. The summed E-state index contributed by atoms with van der Waals surface area (Å²) in [6.45, 7) is -0.313. The molecule has 192 valence electrons. The van der Waals surface area contributed by atoms with Crippen LogP contribution in [0.5, 0.6) is 17.2 Å². The van der Waals surface area contributed by atoms with Gasteiger partial charge in [-0.05, 0) is 71.9 Å². The monoisotopic (exact) mass is 563 g/mol. The first-order valence-corrected chi connectivity index (χ1v) is 13.2. The second-order valence-corrected chi connectivity index (χ2v) is 10.5. The van der Waals surface area contributed by atoms with Crippen molar-refractivity contribution in [3.05, 3.63) is 87.5 Å². The van der Waals surface area contributed by atoms with E-state index in [2.05, 4.69) is 0 Å². The van der Waals surface area contributed by atoms with Gasteiger partial charge in [-0.2, -0.15) is 8.42 Å². The Balaban J connectivity index is 1.55. The van der Waals surface area contributed by atoms with Gasteiger partial charge >= 0.3 is 10.1 Å². The van der Waals surface area contributed by atoms with Gasteiger partial charge in [0.15, 0.2) is 11.5 Å². The third-order valence-corrected chi connectivity index (χ3v) is 7.79. The number of amides is 2. The molecule has 1 fully saturated rings. The van der Waals surface area contributed by atoms with Crippen LogP contribution < -0.4 is 13.7 Å². The van der Waals surface area contributed by atoms with Crippen molar-refractivity contribution in [2.24, 2.45) is 0 Å². The molecule has 0 aromatic heterocycles. The molecular weight excluding hydrogens is 545 g/mol. The number of benzene rings is 3. The van der Waals surface area contributed by atoms with Gasteiger partial charge < -0.3 is 13.7 Å². The molecule has 0 N–H and O–H groups in total. The summed E-state index contributed by atoms with van der Waals surface area (Å²) in [7, 11) is -1.37. The minimum absolute atomic E-state index is 0.0361. The highest BCUT2D eigenvalue weighted by Crippen LogP contribution is 2.37. The number of thioether (sulfide) groups is 1. The summed E-state index contributed by atoms with van der Waals surface area (Å²) in [5, 5.41) is -0.471. The van der Waals surface area contributed by atoms with E-state index in [9.17, 15) is 22.4 Å². The van der Waals surface area contributed by atoms with Crippen molar-refractivity contribution in [1.29, 1.82) is 0 Å². The highest BCUT2D eigenvalue weighted by atomic mass is 35.5. The largest absolute Gasteiger partial charge is 0.497 e. The van der Waals surface area contributed by atoms with Gasteiger partial charge in [0, 0.05) is 10.6 Å². The van der Waals surface area contributed by atoms with E-state index in [0.29, 0.717) is 23.1 Å². The van der Waals surface area contributed by atoms with Gasteiger partial charge in [-0.15, -0.1) is 0 Å². The first-order chi connectivity index (χ1) is 17.6. The maximum absolute atomic E-state index is 14.2. The molecule has 1 heterocycles. The van der Waals surface area contributed by atoms with Crippen LogP contribution in [0.1, 0.15) is 11.1 Å². The van der Waals surface area contributed by atoms with Crippen molar-refractivity contribution in [1.82, 2.24) is 4.90 Å². The first kappa shape index (κ1) is 26.5. The lowest BCUT2D eigenvalue weighted by Crippen LogP contribution is -2.28. The standard InChI is InChI=1S/C25H19ClFNO7S2/c1-33-16-7-9-17(10-8-16)37(31,32)35-21-11-6-15(12-22(21)34-2)13-23-24(29)28(25(30)36-23)14-18-19(26)4-3-5-20(18)27/h3-13H,14H2,1-2H3/b23-13-. The molecule has 0 spiro atoms. The summed E-state index contributed by atoms with van der Waals surface area (Å²) in [5.74, 6) is -0.737. The van der Waals surface area contributed by atoms with Crippen molar-refractivity contribution in [2.45, 2.75) is 11.4 Å². The van der Waals surface area contributed by atoms with Crippen LogP contribution in [0.2, 0.25) is 5.02 Å². The molecular formula is C25H19ClFNO7S2. The van der Waals surface area contributed by atoms with Crippen LogP contribution in [0.25, 0.3) is 6.08 Å². The van der Waals surface area contributed by atoms with Crippen molar-refractivity contribution in [3.63, 3.8) is 0 Å². The molecule has 1 saturated heterocycles. The van der Waals surface area contributed by atoms with Crippen molar-refractivity contribution in [2.75, 3.05) is 14.2 Å². The molecule has 8 nitrogen and oxygen atoms in total. The number of nitrogens with zero attached hydrogens (tertiary/aromatic N) is 1. The molecule has 4 rings (SSSR count). The van der Waals surface area contributed by atoms with Crippen LogP contribution >= 0.6 is 23.4 Å². The summed E-state index contributed by atoms with van der Waals surface area (Å²) >= 11 is 6.72. The van der Waals surface area contributed by atoms with E-state index in [0.717, 1.165) is 4.90 Å². The summed E-state index contributed by atoms with van der Waals surface area (Å²) < 4.78 is 55.1. The van der Waals surface area contributed by atoms with Gasteiger partial charge in [-0.1, -0.05) is 23.7 Å². The molecule has 1 aliphatic heterocycles. The number of ether oxygens (including phenoxy) is 2. The van der Waals surface area contributed by atoms with Gasteiger partial charge in [0.2, 0.25) is 0 Å². The lowest BCUT2D eigenvalue weighted by atomic mass is 10.1. The fourth-order valence-corrected chi connectivity index (χ4v) is 5.38. The third-order valence-electron chi connectivity index (χ3n) is 5.28. The Labute approximate surface area is 221 Å². The zero-order valence-corrected chi connectivity index (χ0v) is 21.8. The average Bonchev–Trinajstić information content (AvgIpc) is 3.14. The predicted molar refractivity (Wildman–Crippen MR) is 137 cm³/mol. The number of carbonyl (C=O) groups excluding carboxylic acids is 2. The molecule has 0 aliphatic carbocycles. The minimum Gasteiger partial charge on any atom is -0.497 e. The third kappa shape index (κ3) is 5.74. The molecule has 0 atom stereocenters. The lowest BCUT2D eigenvalue weighted by Gasteiger charge is -2.14. The second-order valence-electron chi connectivity index (χ2n) is 7.59. The van der Waals surface area contributed by atoms with E-state index in [1.54, 1.807) is 0 Å². The van der Waals surface area contributed by atoms with Crippen LogP contribution in [0, 0.1) is 5.82 Å². The Morgan fingerprint density at radius 3 is 2.38 bits per heavy atom. The normalized spacial score (nSPS) is 14.8. The number of halogens is 2. The van der Waals surface area contributed by atoms with Crippen molar-refractivity contribution in [3.8, 4) is 17.2 Å². The number of methoxy groups -OCH3 is 2. The number of imide groups is 1. The summed E-state index contributed by atoms with van der Waals surface area (Å²) in [6, 6.07) is 14.1. The van der Waals surface area contributed by atoms with E-state index in [-0.39, 0.29) is 38.4 Å². The van der Waals surface area contributed by atoms with Gasteiger partial charge in [-0.25, -0.2) is 4.39 Å². The fraction of sp³-hybridized carbons (Fsp3) is 0.120. The fourth-order valence-electron chi connectivity index (χ4n) is 3.38. The van der Waals surface area contributed by atoms with Gasteiger partial charge in [0.25, 0.3) is 11.1 Å². The Bertz CT molecular complexity index is 1490. The number of rotatable bonds is 8. The molecule has 0 bridgehead atoms. The molecule has 0 unspecified atom stereocenters. The zero-order chi connectivity index (χ0) is 26.7. The Hall–Kier alpha value is -3.54. The smallest absolute Gasteiger partial charge is 0.339 e. The molecule has 2 amide bonds. The quantitative estimate of drug-likeness (QED) is 0.262. The van der Waals surface area contributed by atoms with Gasteiger partial charge in [0.05, 0.1) is 25.7 Å². The lowest BCUT2D eigenvalue weighted by molar-refractivity contribution is -0.123. The number of hydrogen-bond acceptors (Lipinski definition) is 8. The minimum atomic E-state index is -4.17. The highest BCUT2D eigenvalue weighted by Gasteiger charge is 2.36. The van der Waals surface area contributed by atoms with Crippen LogP contribution in [-0.2, 0) is 21.5 Å². The van der Waals surface area contributed by atoms with Gasteiger partial charge in [0.1, 0.15) is 16.5 Å². The summed E-state index contributed by atoms with van der Waals surface area (Å²) in [6.07, 6.45) is 1.44. The second kappa shape index (κ2) is 10.8. The zero-order valence-electron chi connectivity index (χ0n) is 19.4. The van der Waals surface area contributed by atoms with E-state index in [1.165, 1.54) is 81.0 Å². The number of carbonyl (C=O) groups is 2. The molecule has 3 aromatic rings. The van der Waals surface area contributed by atoms with E-state index >= 15 is 0 Å². The van der Waals surface area contributed by atoms with Gasteiger partial charge in [-0.3, -0.25) is 14.5 Å². The Morgan fingerprint density at radius 1 is 1.00 bits per heavy atom. The Morgan fingerprint density at radius 2 is 1.73 bits per heavy atom. The molecule has 0 radical (unpaired) electrons. The highest BCUT2D eigenvalue weighted by molar-refractivity contribution is 8.18. The van der Waals surface area contributed by atoms with E-state index in [1.807, 2.05) is 0 Å². The molecule has 12 heteroatoms. The van der Waals surface area contributed by atoms with Crippen LogP contribution in [-0.4, -0.2) is 38.7 Å². The summed E-state index contributed by atoms with van der Waals surface area (Å²) in [5.41, 5.74) is 0.481. The van der Waals surface area contributed by atoms with Crippen LogP contribution in [0.4, 0.5) is 9.18 Å². The maximum Gasteiger partial charge on any atom is 0.339 e. The van der Waals surface area contributed by atoms with Crippen molar-refractivity contribution < 1.29 is 36.1 Å². The predicted octanol–water partition coefficient (Wildman–Crippen LogP) is 5.50.